The van der Waals surface area contributed by atoms with Gasteiger partial charge in [0.05, 0.1) is 11.0 Å². The van der Waals surface area contributed by atoms with Gasteiger partial charge in [0.1, 0.15) is 5.54 Å². The summed E-state index contributed by atoms with van der Waals surface area (Å²) < 4.78 is 27.5. The second kappa shape index (κ2) is 5.94. The highest BCUT2D eigenvalue weighted by Crippen LogP contribution is 2.28. The van der Waals surface area contributed by atoms with Crippen molar-refractivity contribution in [1.82, 2.24) is 4.72 Å². The highest BCUT2D eigenvalue weighted by molar-refractivity contribution is 7.89. The van der Waals surface area contributed by atoms with Crippen LogP contribution in [0.5, 0.6) is 0 Å². The molecule has 0 aliphatic rings. The van der Waals surface area contributed by atoms with Crippen LogP contribution in [-0.2, 0) is 10.0 Å². The number of hydrogen-bond donors (Lipinski definition) is 1. The molecule has 0 saturated heterocycles. The fraction of sp³-hybridized carbons (Fsp3) is 0.533. The fourth-order valence-electron chi connectivity index (χ4n) is 2.18. The molecule has 0 bridgehead atoms. The van der Waals surface area contributed by atoms with E-state index in [4.69, 9.17) is 0 Å². The second-order valence-electron chi connectivity index (χ2n) is 5.71. The Hall–Kier alpha value is -1.38. The van der Waals surface area contributed by atoms with E-state index in [1.165, 1.54) is 0 Å². The van der Waals surface area contributed by atoms with Crippen LogP contribution in [-0.4, -0.2) is 14.0 Å². The first-order chi connectivity index (χ1) is 9.15. The summed E-state index contributed by atoms with van der Waals surface area (Å²) >= 11 is 0. The number of benzene rings is 1. The van der Waals surface area contributed by atoms with E-state index in [1.54, 1.807) is 24.3 Å². The first kappa shape index (κ1) is 16.7. The van der Waals surface area contributed by atoms with Crippen LogP contribution in [0.3, 0.4) is 0 Å². The molecule has 0 aliphatic carbocycles. The molecular weight excluding hydrogens is 272 g/mol. The molecule has 0 saturated carbocycles. The largest absolute Gasteiger partial charge is 0.241 e. The van der Waals surface area contributed by atoms with Crippen LogP contribution in [0.4, 0.5) is 0 Å². The minimum absolute atomic E-state index is 0.132. The summed E-state index contributed by atoms with van der Waals surface area (Å²) in [6.07, 6.45) is 0. The number of nitriles is 1. The fourth-order valence-corrected chi connectivity index (χ4v) is 3.76. The van der Waals surface area contributed by atoms with Gasteiger partial charge in [0.25, 0.3) is 0 Å². The van der Waals surface area contributed by atoms with Crippen LogP contribution in [0, 0.1) is 30.1 Å². The molecule has 1 rings (SSSR count). The van der Waals surface area contributed by atoms with Crippen LogP contribution in [0.1, 0.15) is 33.3 Å². The highest BCUT2D eigenvalue weighted by atomic mass is 32.2. The topological polar surface area (TPSA) is 70.0 Å². The number of rotatable bonds is 5. The Morgan fingerprint density at radius 3 is 1.90 bits per heavy atom. The molecule has 20 heavy (non-hydrogen) atoms. The standard InChI is InChI=1S/C15H22N2O2S/c1-11(2)15(10-16,12(3)4)17-20(18,19)14-8-6-13(5)7-9-14/h6-9,11-12,17H,1-5H3. The monoisotopic (exact) mass is 294 g/mol. The molecule has 0 amide bonds. The molecule has 0 aromatic heterocycles. The third-order valence-corrected chi connectivity index (χ3v) is 5.14. The lowest BCUT2D eigenvalue weighted by Gasteiger charge is -2.35. The third-order valence-electron chi connectivity index (χ3n) is 3.64. The van der Waals surface area contributed by atoms with E-state index in [1.807, 2.05) is 34.6 Å². The summed E-state index contributed by atoms with van der Waals surface area (Å²) in [5.41, 5.74) is -0.118. The van der Waals surface area contributed by atoms with Gasteiger partial charge in [-0.2, -0.15) is 9.98 Å². The number of hydrogen-bond acceptors (Lipinski definition) is 3. The smallest absolute Gasteiger partial charge is 0.207 e. The van der Waals surface area contributed by atoms with Gasteiger partial charge in [-0.05, 0) is 30.9 Å². The Bertz CT molecular complexity index is 588. The Balaban J connectivity index is 3.23. The quantitative estimate of drug-likeness (QED) is 0.907. The maximum Gasteiger partial charge on any atom is 0.241 e. The van der Waals surface area contributed by atoms with E-state index < -0.39 is 15.6 Å². The zero-order chi connectivity index (χ0) is 15.6. The molecule has 1 aromatic rings. The number of aryl methyl sites for hydroxylation is 1. The van der Waals surface area contributed by atoms with E-state index in [0.717, 1.165) is 5.56 Å². The normalized spacial score (nSPS) is 12.7. The number of nitrogens with one attached hydrogen (secondary N) is 1. The third kappa shape index (κ3) is 3.20. The van der Waals surface area contributed by atoms with Gasteiger partial charge in [0.2, 0.25) is 10.0 Å². The van der Waals surface area contributed by atoms with Crippen molar-refractivity contribution in [2.75, 3.05) is 0 Å². The van der Waals surface area contributed by atoms with Gasteiger partial charge >= 0.3 is 0 Å². The summed E-state index contributed by atoms with van der Waals surface area (Å²) in [4.78, 5) is 0.184. The lowest BCUT2D eigenvalue weighted by molar-refractivity contribution is 0.270. The molecule has 0 radical (unpaired) electrons. The van der Waals surface area contributed by atoms with Gasteiger partial charge in [0, 0.05) is 0 Å². The molecule has 0 atom stereocenters. The molecule has 0 spiro atoms. The first-order valence-corrected chi connectivity index (χ1v) is 8.16. The van der Waals surface area contributed by atoms with E-state index in [-0.39, 0.29) is 16.7 Å². The van der Waals surface area contributed by atoms with E-state index >= 15 is 0 Å². The SMILES string of the molecule is Cc1ccc(S(=O)(=O)NC(C#N)(C(C)C)C(C)C)cc1. The second-order valence-corrected chi connectivity index (χ2v) is 7.39. The molecule has 110 valence electrons. The number of sulfonamides is 1. The maximum absolute atomic E-state index is 12.5. The van der Waals surface area contributed by atoms with Crippen molar-refractivity contribution in [3.8, 4) is 6.07 Å². The first-order valence-electron chi connectivity index (χ1n) is 6.67. The van der Waals surface area contributed by atoms with Gasteiger partial charge in [-0.3, -0.25) is 0 Å². The average Bonchev–Trinajstić information content (AvgIpc) is 2.35. The van der Waals surface area contributed by atoms with Crippen LogP contribution in [0.25, 0.3) is 0 Å². The maximum atomic E-state index is 12.5. The molecule has 0 heterocycles. The van der Waals surface area contributed by atoms with Gasteiger partial charge in [-0.1, -0.05) is 45.4 Å². The number of nitrogens with zero attached hydrogens (tertiary/aromatic N) is 1. The van der Waals surface area contributed by atoms with Crippen molar-refractivity contribution in [1.29, 1.82) is 5.26 Å². The van der Waals surface area contributed by atoms with Crippen LogP contribution in [0.15, 0.2) is 29.2 Å². The summed E-state index contributed by atoms with van der Waals surface area (Å²) in [6.45, 7) is 9.29. The average molecular weight is 294 g/mol. The molecule has 0 aliphatic heterocycles. The molecule has 1 N–H and O–H groups in total. The summed E-state index contributed by atoms with van der Waals surface area (Å²) in [6, 6.07) is 8.76. The lowest BCUT2D eigenvalue weighted by Crippen LogP contribution is -2.54. The van der Waals surface area contributed by atoms with Crippen molar-refractivity contribution in [2.24, 2.45) is 11.8 Å². The minimum atomic E-state index is -3.71. The predicted octanol–water partition coefficient (Wildman–Crippen LogP) is 2.85. The van der Waals surface area contributed by atoms with Gasteiger partial charge in [-0.15, -0.1) is 0 Å². The Morgan fingerprint density at radius 2 is 1.55 bits per heavy atom. The Labute approximate surface area is 121 Å². The van der Waals surface area contributed by atoms with Crippen LogP contribution < -0.4 is 4.72 Å². The van der Waals surface area contributed by atoms with E-state index in [9.17, 15) is 13.7 Å². The van der Waals surface area contributed by atoms with Crippen molar-refractivity contribution >= 4 is 10.0 Å². The lowest BCUT2D eigenvalue weighted by atomic mass is 9.79. The van der Waals surface area contributed by atoms with Crippen molar-refractivity contribution in [3.63, 3.8) is 0 Å². The molecule has 0 fully saturated rings. The van der Waals surface area contributed by atoms with Gasteiger partial charge in [-0.25, -0.2) is 8.42 Å². The Morgan fingerprint density at radius 1 is 1.10 bits per heavy atom. The van der Waals surface area contributed by atoms with Crippen LogP contribution >= 0.6 is 0 Å². The van der Waals surface area contributed by atoms with E-state index in [0.29, 0.717) is 0 Å². The molecule has 5 heteroatoms. The van der Waals surface area contributed by atoms with Crippen molar-refractivity contribution < 1.29 is 8.42 Å². The predicted molar refractivity (Wildman–Crippen MR) is 79.5 cm³/mol. The molecular formula is C15H22N2O2S. The zero-order valence-electron chi connectivity index (χ0n) is 12.6. The van der Waals surface area contributed by atoms with Crippen molar-refractivity contribution in [2.45, 2.75) is 45.1 Å². The van der Waals surface area contributed by atoms with Crippen molar-refractivity contribution in [3.05, 3.63) is 29.8 Å². The summed E-state index contributed by atoms with van der Waals surface area (Å²) in [7, 11) is -3.71. The Kier molecular flexibility index (Phi) is 4.95. The zero-order valence-corrected chi connectivity index (χ0v) is 13.5. The van der Waals surface area contributed by atoms with E-state index in [2.05, 4.69) is 10.8 Å². The highest BCUT2D eigenvalue weighted by Gasteiger charge is 2.41. The summed E-state index contributed by atoms with van der Waals surface area (Å²) in [5, 5.41) is 9.49. The molecule has 4 nitrogen and oxygen atoms in total. The summed E-state index contributed by atoms with van der Waals surface area (Å²) in [5.74, 6) is -0.263. The van der Waals surface area contributed by atoms with Gasteiger partial charge < -0.3 is 0 Å². The van der Waals surface area contributed by atoms with Gasteiger partial charge in [0.15, 0.2) is 0 Å². The molecule has 1 aromatic carbocycles. The minimum Gasteiger partial charge on any atom is -0.207 e. The molecule has 0 unspecified atom stereocenters. The van der Waals surface area contributed by atoms with Crippen LogP contribution in [0.2, 0.25) is 0 Å².